The van der Waals surface area contributed by atoms with Crippen molar-refractivity contribution >= 4 is 5.91 Å². The Morgan fingerprint density at radius 3 is 2.60 bits per heavy atom. The third-order valence-corrected chi connectivity index (χ3v) is 4.30. The van der Waals surface area contributed by atoms with Gasteiger partial charge < -0.3 is 15.2 Å². The van der Waals surface area contributed by atoms with Gasteiger partial charge in [0.2, 0.25) is 0 Å². The molecule has 0 unspecified atom stereocenters. The maximum Gasteiger partial charge on any atom is 0.251 e. The highest BCUT2D eigenvalue weighted by molar-refractivity contribution is 5.94. The number of halogens is 2. The van der Waals surface area contributed by atoms with E-state index in [1.54, 1.807) is 24.3 Å². The molecule has 0 bridgehead atoms. The first-order chi connectivity index (χ1) is 12.0. The Bertz CT molecular complexity index is 733. The van der Waals surface area contributed by atoms with Crippen LogP contribution in [0.3, 0.4) is 0 Å². The van der Waals surface area contributed by atoms with E-state index in [-0.39, 0.29) is 5.91 Å². The number of ether oxygens (including phenoxy) is 1. The molecule has 1 aliphatic rings. The SMILES string of the molecule is O=C(NC[C@H]1CCCOC1)c1ccc(-c2cc(O)c(F)c(F)c2)cc1. The molecule has 1 amide bonds. The van der Waals surface area contributed by atoms with Crippen molar-refractivity contribution < 1.29 is 23.4 Å². The number of phenolic OH excluding ortho intramolecular Hbond substituents is 1. The molecule has 3 rings (SSSR count). The number of aromatic hydroxyl groups is 1. The number of carbonyl (C=O) groups excluding carboxylic acids is 1. The van der Waals surface area contributed by atoms with Crippen LogP contribution in [0.1, 0.15) is 23.2 Å². The monoisotopic (exact) mass is 347 g/mol. The molecule has 2 aromatic rings. The second-order valence-electron chi connectivity index (χ2n) is 6.16. The van der Waals surface area contributed by atoms with Gasteiger partial charge in [-0.25, -0.2) is 4.39 Å². The fraction of sp³-hybridized carbons (Fsp3) is 0.316. The predicted octanol–water partition coefficient (Wildman–Crippen LogP) is 3.49. The van der Waals surface area contributed by atoms with Crippen LogP contribution in [0.15, 0.2) is 36.4 Å². The van der Waals surface area contributed by atoms with Gasteiger partial charge in [0.15, 0.2) is 17.4 Å². The maximum absolute atomic E-state index is 13.4. The highest BCUT2D eigenvalue weighted by Gasteiger charge is 2.16. The number of carbonyl (C=O) groups is 1. The Labute approximate surface area is 144 Å². The lowest BCUT2D eigenvalue weighted by atomic mass is 10.0. The molecular weight excluding hydrogens is 328 g/mol. The molecule has 4 nitrogen and oxygen atoms in total. The topological polar surface area (TPSA) is 58.6 Å². The molecule has 1 heterocycles. The van der Waals surface area contributed by atoms with Crippen LogP contribution in [0.4, 0.5) is 8.78 Å². The van der Waals surface area contributed by atoms with Crippen molar-refractivity contribution in [3.05, 3.63) is 53.6 Å². The van der Waals surface area contributed by atoms with Crippen molar-refractivity contribution in [1.82, 2.24) is 5.32 Å². The molecule has 0 radical (unpaired) electrons. The minimum absolute atomic E-state index is 0.190. The van der Waals surface area contributed by atoms with Gasteiger partial charge in [0.25, 0.3) is 5.91 Å². The summed E-state index contributed by atoms with van der Waals surface area (Å²) in [5, 5.41) is 12.3. The summed E-state index contributed by atoms with van der Waals surface area (Å²) < 4.78 is 31.9. The van der Waals surface area contributed by atoms with Crippen LogP contribution >= 0.6 is 0 Å². The van der Waals surface area contributed by atoms with Gasteiger partial charge >= 0.3 is 0 Å². The van der Waals surface area contributed by atoms with Gasteiger partial charge in [-0.2, -0.15) is 4.39 Å². The van der Waals surface area contributed by atoms with E-state index >= 15 is 0 Å². The average molecular weight is 347 g/mol. The van der Waals surface area contributed by atoms with Gasteiger partial charge in [-0.15, -0.1) is 0 Å². The average Bonchev–Trinajstić information content (AvgIpc) is 2.64. The third-order valence-electron chi connectivity index (χ3n) is 4.30. The molecule has 132 valence electrons. The Morgan fingerprint density at radius 2 is 1.96 bits per heavy atom. The first kappa shape index (κ1) is 17.4. The standard InChI is InChI=1S/C19H19F2NO3/c20-16-8-15(9-17(23)18(16)21)13-3-5-14(6-4-13)19(24)22-10-12-2-1-7-25-11-12/h3-6,8-9,12,23H,1-2,7,10-11H2,(H,22,24)/t12-/m1/s1. The quantitative estimate of drug-likeness (QED) is 0.890. The van der Waals surface area contributed by atoms with E-state index in [4.69, 9.17) is 4.74 Å². The largest absolute Gasteiger partial charge is 0.505 e. The molecule has 0 aromatic heterocycles. The zero-order valence-corrected chi connectivity index (χ0v) is 13.6. The van der Waals surface area contributed by atoms with Crippen molar-refractivity contribution in [3.8, 4) is 16.9 Å². The first-order valence-corrected chi connectivity index (χ1v) is 8.19. The van der Waals surface area contributed by atoms with Gasteiger partial charge in [0, 0.05) is 18.7 Å². The summed E-state index contributed by atoms with van der Waals surface area (Å²) in [7, 11) is 0. The van der Waals surface area contributed by atoms with Crippen molar-refractivity contribution in [2.45, 2.75) is 12.8 Å². The summed E-state index contributed by atoms with van der Waals surface area (Å²) in [6.07, 6.45) is 2.05. The van der Waals surface area contributed by atoms with E-state index in [2.05, 4.69) is 5.32 Å². The van der Waals surface area contributed by atoms with Gasteiger partial charge in [-0.3, -0.25) is 4.79 Å². The molecule has 25 heavy (non-hydrogen) atoms. The van der Waals surface area contributed by atoms with E-state index in [0.717, 1.165) is 31.6 Å². The number of rotatable bonds is 4. The Kier molecular flexibility index (Phi) is 5.28. The lowest BCUT2D eigenvalue weighted by Crippen LogP contribution is -2.33. The molecule has 0 spiro atoms. The van der Waals surface area contributed by atoms with Crippen LogP contribution in [-0.2, 0) is 4.74 Å². The maximum atomic E-state index is 13.4. The summed E-state index contributed by atoms with van der Waals surface area (Å²) in [6.45, 7) is 2.02. The smallest absolute Gasteiger partial charge is 0.251 e. The molecule has 2 aromatic carbocycles. The van der Waals surface area contributed by atoms with Crippen LogP contribution in [0, 0.1) is 17.6 Å². The number of phenols is 1. The van der Waals surface area contributed by atoms with Crippen LogP contribution < -0.4 is 5.32 Å². The summed E-state index contributed by atoms with van der Waals surface area (Å²) in [5.41, 5.74) is 1.39. The number of nitrogens with one attached hydrogen (secondary N) is 1. The van der Waals surface area contributed by atoms with Crippen molar-refractivity contribution in [2.24, 2.45) is 5.92 Å². The minimum Gasteiger partial charge on any atom is -0.505 e. The predicted molar refractivity (Wildman–Crippen MR) is 89.3 cm³/mol. The first-order valence-electron chi connectivity index (χ1n) is 8.19. The van der Waals surface area contributed by atoms with Gasteiger partial charge in [0.05, 0.1) is 6.61 Å². The van der Waals surface area contributed by atoms with Gasteiger partial charge in [-0.1, -0.05) is 12.1 Å². The van der Waals surface area contributed by atoms with Crippen LogP contribution in [0.2, 0.25) is 0 Å². The number of hydrogen-bond donors (Lipinski definition) is 2. The zero-order chi connectivity index (χ0) is 17.8. The Morgan fingerprint density at radius 1 is 1.20 bits per heavy atom. The van der Waals surface area contributed by atoms with Crippen LogP contribution in [0.5, 0.6) is 5.75 Å². The number of benzene rings is 2. The molecule has 2 N–H and O–H groups in total. The van der Waals surface area contributed by atoms with E-state index in [1.807, 2.05) is 0 Å². The second-order valence-corrected chi connectivity index (χ2v) is 6.16. The van der Waals surface area contributed by atoms with Gasteiger partial charge in [-0.05, 0) is 54.2 Å². The van der Waals surface area contributed by atoms with E-state index in [1.165, 1.54) is 0 Å². The third kappa shape index (κ3) is 4.14. The lowest BCUT2D eigenvalue weighted by molar-refractivity contribution is 0.0536. The van der Waals surface area contributed by atoms with Crippen LogP contribution in [-0.4, -0.2) is 30.8 Å². The van der Waals surface area contributed by atoms with E-state index in [0.29, 0.717) is 35.8 Å². The molecular formula is C19H19F2NO3. The minimum atomic E-state index is -1.27. The highest BCUT2D eigenvalue weighted by atomic mass is 19.2. The van der Waals surface area contributed by atoms with E-state index < -0.39 is 17.4 Å². The molecule has 6 heteroatoms. The fourth-order valence-electron chi connectivity index (χ4n) is 2.86. The van der Waals surface area contributed by atoms with Crippen LogP contribution in [0.25, 0.3) is 11.1 Å². The molecule has 1 saturated heterocycles. The lowest BCUT2D eigenvalue weighted by Gasteiger charge is -2.22. The second kappa shape index (κ2) is 7.61. The molecule has 1 atom stereocenters. The summed E-state index contributed by atoms with van der Waals surface area (Å²) in [5.74, 6) is -2.99. The molecule has 1 aliphatic heterocycles. The molecule has 0 saturated carbocycles. The zero-order valence-electron chi connectivity index (χ0n) is 13.6. The summed E-state index contributed by atoms with van der Waals surface area (Å²) in [6, 6.07) is 8.64. The Balaban J connectivity index is 1.66. The summed E-state index contributed by atoms with van der Waals surface area (Å²) >= 11 is 0. The molecule has 1 fully saturated rings. The van der Waals surface area contributed by atoms with E-state index in [9.17, 15) is 18.7 Å². The van der Waals surface area contributed by atoms with Crippen molar-refractivity contribution in [3.63, 3.8) is 0 Å². The van der Waals surface area contributed by atoms with Crippen molar-refractivity contribution in [1.29, 1.82) is 0 Å². The van der Waals surface area contributed by atoms with Crippen molar-refractivity contribution in [2.75, 3.05) is 19.8 Å². The highest BCUT2D eigenvalue weighted by Crippen LogP contribution is 2.28. The fourth-order valence-corrected chi connectivity index (χ4v) is 2.86. The molecule has 0 aliphatic carbocycles. The normalized spacial score (nSPS) is 17.3. The summed E-state index contributed by atoms with van der Waals surface area (Å²) in [4.78, 5) is 12.2. The number of amides is 1. The van der Waals surface area contributed by atoms with Gasteiger partial charge in [0.1, 0.15) is 0 Å². The number of hydrogen-bond acceptors (Lipinski definition) is 3. The Hall–Kier alpha value is -2.47.